The van der Waals surface area contributed by atoms with E-state index in [1.54, 1.807) is 0 Å². The van der Waals surface area contributed by atoms with Gasteiger partial charge >= 0.3 is 12.3 Å². The molecular formula is C12H7F3O4. The van der Waals surface area contributed by atoms with Crippen molar-refractivity contribution >= 4 is 12.3 Å². The molecule has 100 valence electrons. The summed E-state index contributed by atoms with van der Waals surface area (Å²) in [5.74, 6) is 2.83. The molecule has 0 aliphatic heterocycles. The quantitative estimate of drug-likeness (QED) is 0.677. The van der Waals surface area contributed by atoms with Crippen molar-refractivity contribution in [3.05, 3.63) is 29.3 Å². The van der Waals surface area contributed by atoms with Crippen LogP contribution in [0.2, 0.25) is 0 Å². The first-order valence-corrected chi connectivity index (χ1v) is 4.87. The summed E-state index contributed by atoms with van der Waals surface area (Å²) in [6.45, 7) is 0. The monoisotopic (exact) mass is 272 g/mol. The fourth-order valence-corrected chi connectivity index (χ4v) is 1.18. The molecule has 0 aliphatic rings. The lowest BCUT2D eigenvalue weighted by atomic mass is 10.1. The Morgan fingerprint density at radius 1 is 1.37 bits per heavy atom. The van der Waals surface area contributed by atoms with Gasteiger partial charge in [0, 0.05) is 11.1 Å². The highest BCUT2D eigenvalue weighted by molar-refractivity contribution is 5.77. The standard InChI is InChI=1S/C12H7F3O4/c13-12(14,15)19-10-5-8(2-1-3-11(17)18)4-9(6-10)7-16/h4-7H,3H2,(H,17,18). The molecule has 0 saturated heterocycles. The topological polar surface area (TPSA) is 63.6 Å². The van der Waals surface area contributed by atoms with Crippen LogP contribution in [0.1, 0.15) is 22.3 Å². The van der Waals surface area contributed by atoms with Gasteiger partial charge in [0.15, 0.2) is 0 Å². The highest BCUT2D eigenvalue weighted by Gasteiger charge is 2.31. The third kappa shape index (κ3) is 5.59. The fraction of sp³-hybridized carbons (Fsp3) is 0.167. The SMILES string of the molecule is O=Cc1cc(C#CCC(=O)O)cc(OC(F)(F)F)c1. The van der Waals surface area contributed by atoms with Crippen molar-refractivity contribution in [3.63, 3.8) is 0 Å². The Kier molecular flexibility index (Phi) is 4.53. The minimum absolute atomic E-state index is 0.0543. The second-order valence-corrected chi connectivity index (χ2v) is 3.33. The number of alkyl halides is 3. The van der Waals surface area contributed by atoms with Crippen LogP contribution in [0, 0.1) is 11.8 Å². The van der Waals surface area contributed by atoms with Gasteiger partial charge in [0.05, 0.1) is 0 Å². The van der Waals surface area contributed by atoms with E-state index in [1.165, 1.54) is 6.07 Å². The van der Waals surface area contributed by atoms with E-state index in [-0.39, 0.29) is 11.1 Å². The van der Waals surface area contributed by atoms with E-state index in [2.05, 4.69) is 16.6 Å². The summed E-state index contributed by atoms with van der Waals surface area (Å²) >= 11 is 0. The van der Waals surface area contributed by atoms with Gasteiger partial charge in [-0.25, -0.2) is 0 Å². The van der Waals surface area contributed by atoms with Crippen LogP contribution in [0.15, 0.2) is 18.2 Å². The van der Waals surface area contributed by atoms with Crippen molar-refractivity contribution in [3.8, 4) is 17.6 Å². The normalized spacial score (nSPS) is 10.3. The fourth-order valence-electron chi connectivity index (χ4n) is 1.18. The summed E-state index contributed by atoms with van der Waals surface area (Å²) < 4.78 is 39.8. The number of halogens is 3. The van der Waals surface area contributed by atoms with E-state index in [0.29, 0.717) is 6.29 Å². The van der Waals surface area contributed by atoms with Gasteiger partial charge in [-0.05, 0) is 18.2 Å². The Labute approximate surface area is 105 Å². The number of aldehydes is 1. The minimum Gasteiger partial charge on any atom is -0.481 e. The molecule has 0 saturated carbocycles. The molecular weight excluding hydrogens is 265 g/mol. The summed E-state index contributed by atoms with van der Waals surface area (Å²) in [5.41, 5.74) is 0.00600. The van der Waals surface area contributed by atoms with Crippen molar-refractivity contribution < 1.29 is 32.6 Å². The van der Waals surface area contributed by atoms with Gasteiger partial charge in [-0.15, -0.1) is 13.2 Å². The molecule has 0 spiro atoms. The zero-order valence-electron chi connectivity index (χ0n) is 9.32. The smallest absolute Gasteiger partial charge is 0.481 e. The molecule has 0 fully saturated rings. The lowest BCUT2D eigenvalue weighted by Crippen LogP contribution is -2.17. The molecule has 0 radical (unpaired) electrons. The molecule has 1 N–H and O–H groups in total. The third-order valence-electron chi connectivity index (χ3n) is 1.77. The molecule has 4 nitrogen and oxygen atoms in total. The van der Waals surface area contributed by atoms with Crippen molar-refractivity contribution in [2.45, 2.75) is 12.8 Å². The number of rotatable bonds is 3. The molecule has 0 heterocycles. The van der Waals surface area contributed by atoms with Gasteiger partial charge in [-0.1, -0.05) is 11.8 Å². The highest BCUT2D eigenvalue weighted by atomic mass is 19.4. The van der Waals surface area contributed by atoms with E-state index < -0.39 is 24.5 Å². The summed E-state index contributed by atoms with van der Waals surface area (Å²) in [7, 11) is 0. The zero-order valence-corrected chi connectivity index (χ0v) is 9.32. The van der Waals surface area contributed by atoms with E-state index >= 15 is 0 Å². The maximum atomic E-state index is 12.0. The number of carboxylic acids is 1. The number of hydrogen-bond acceptors (Lipinski definition) is 3. The maximum Gasteiger partial charge on any atom is 0.573 e. The molecule has 19 heavy (non-hydrogen) atoms. The van der Waals surface area contributed by atoms with Crippen LogP contribution in [0.5, 0.6) is 5.75 Å². The molecule has 1 aromatic rings. The summed E-state index contributed by atoms with van der Waals surface area (Å²) in [6, 6.07) is 3.10. The summed E-state index contributed by atoms with van der Waals surface area (Å²) in [6.07, 6.45) is -5.00. The van der Waals surface area contributed by atoms with E-state index in [9.17, 15) is 22.8 Å². The van der Waals surface area contributed by atoms with Gasteiger partial charge in [-0.3, -0.25) is 9.59 Å². The second kappa shape index (κ2) is 5.91. The van der Waals surface area contributed by atoms with E-state index in [1.807, 2.05) is 0 Å². The average molecular weight is 272 g/mol. The van der Waals surface area contributed by atoms with E-state index in [4.69, 9.17) is 5.11 Å². The van der Waals surface area contributed by atoms with Crippen LogP contribution in [0.3, 0.4) is 0 Å². The van der Waals surface area contributed by atoms with Crippen LogP contribution in [0.25, 0.3) is 0 Å². The van der Waals surface area contributed by atoms with Gasteiger partial charge in [0.1, 0.15) is 18.5 Å². The van der Waals surface area contributed by atoms with Crippen molar-refractivity contribution in [1.82, 2.24) is 0 Å². The number of benzene rings is 1. The average Bonchev–Trinajstić information content (AvgIpc) is 2.25. The van der Waals surface area contributed by atoms with Crippen molar-refractivity contribution in [1.29, 1.82) is 0 Å². The number of ether oxygens (including phenoxy) is 1. The summed E-state index contributed by atoms with van der Waals surface area (Å²) in [5, 5.41) is 8.37. The van der Waals surface area contributed by atoms with E-state index in [0.717, 1.165) is 12.1 Å². The molecule has 0 aliphatic carbocycles. The predicted molar refractivity (Wildman–Crippen MR) is 57.6 cm³/mol. The Morgan fingerprint density at radius 3 is 2.58 bits per heavy atom. The number of aliphatic carboxylic acids is 1. The van der Waals surface area contributed by atoms with Gasteiger partial charge in [0.2, 0.25) is 0 Å². The lowest BCUT2D eigenvalue weighted by molar-refractivity contribution is -0.274. The Morgan fingerprint density at radius 2 is 2.05 bits per heavy atom. The van der Waals surface area contributed by atoms with Crippen LogP contribution in [-0.4, -0.2) is 23.7 Å². The highest BCUT2D eigenvalue weighted by Crippen LogP contribution is 2.24. The number of hydrogen-bond donors (Lipinski definition) is 1. The molecule has 0 amide bonds. The molecule has 0 unspecified atom stereocenters. The minimum atomic E-state index is -4.88. The maximum absolute atomic E-state index is 12.0. The molecule has 0 atom stereocenters. The summed E-state index contributed by atoms with van der Waals surface area (Å²) in [4.78, 5) is 20.8. The van der Waals surface area contributed by atoms with Crippen LogP contribution < -0.4 is 4.74 Å². The second-order valence-electron chi connectivity index (χ2n) is 3.33. The van der Waals surface area contributed by atoms with Gasteiger partial charge < -0.3 is 9.84 Å². The molecule has 0 bridgehead atoms. The Hall–Kier alpha value is -2.49. The number of carbonyl (C=O) groups is 2. The van der Waals surface area contributed by atoms with Crippen LogP contribution >= 0.6 is 0 Å². The van der Waals surface area contributed by atoms with Gasteiger partial charge in [-0.2, -0.15) is 0 Å². The molecule has 1 rings (SSSR count). The largest absolute Gasteiger partial charge is 0.573 e. The zero-order chi connectivity index (χ0) is 14.5. The van der Waals surface area contributed by atoms with Crippen LogP contribution in [-0.2, 0) is 4.79 Å². The molecule has 7 heteroatoms. The number of carboxylic acid groups (broad SMARTS) is 1. The number of carbonyl (C=O) groups excluding carboxylic acids is 1. The first-order valence-electron chi connectivity index (χ1n) is 4.87. The lowest BCUT2D eigenvalue weighted by Gasteiger charge is -2.09. The Balaban J connectivity index is 3.04. The molecule has 1 aromatic carbocycles. The molecule has 0 aromatic heterocycles. The van der Waals surface area contributed by atoms with Crippen LogP contribution in [0.4, 0.5) is 13.2 Å². The first kappa shape index (κ1) is 14.6. The van der Waals surface area contributed by atoms with Gasteiger partial charge in [0.25, 0.3) is 0 Å². The first-order chi connectivity index (χ1) is 8.80. The predicted octanol–water partition coefficient (Wildman–Crippen LogP) is 2.22. The Bertz CT molecular complexity index is 552. The third-order valence-corrected chi connectivity index (χ3v) is 1.77. The van der Waals surface area contributed by atoms with Crippen molar-refractivity contribution in [2.75, 3.05) is 0 Å². The van der Waals surface area contributed by atoms with Crippen molar-refractivity contribution in [2.24, 2.45) is 0 Å².